The zero-order valence-electron chi connectivity index (χ0n) is 29.0. The Labute approximate surface area is 274 Å². The molecule has 4 saturated carbocycles. The summed E-state index contributed by atoms with van der Waals surface area (Å²) < 4.78 is 12.5. The van der Waals surface area contributed by atoms with Gasteiger partial charge in [0.15, 0.2) is 6.29 Å². The van der Waals surface area contributed by atoms with Gasteiger partial charge < -0.3 is 50.3 Å². The normalized spacial score (nSPS) is 51.9. The van der Waals surface area contributed by atoms with E-state index >= 15 is 0 Å². The highest BCUT2D eigenvalue weighted by Gasteiger charge is 2.73. The Morgan fingerprint density at radius 1 is 0.891 bits per heavy atom. The molecule has 16 atom stereocenters. The molecule has 0 amide bonds. The van der Waals surface area contributed by atoms with Crippen LogP contribution >= 0.6 is 0 Å². The standard InChI is InChI=1S/C36H62O10/c1-19(17-37)9-8-12-36(7,46-31-29(44)28(43)27(42)23(18-38)45-31)20-10-14-34(5)26(20)21(39)15-24-33(4)13-11-25(41)32(2,3)30(33)22(40)16-35(24,34)6/h9,20-31,37-44H,8,10-18H2,1-7H3/b19-9+/t20-,21+,22-,23+,24+,25-,26-,27+,28-,29+,30-,31-,33+,34+,35+,36-/m0/s1. The van der Waals surface area contributed by atoms with Gasteiger partial charge in [0, 0.05) is 0 Å². The summed E-state index contributed by atoms with van der Waals surface area (Å²) in [5, 5.41) is 86.6. The molecule has 1 aliphatic heterocycles. The fourth-order valence-corrected chi connectivity index (χ4v) is 12.1. The lowest BCUT2D eigenvalue weighted by Crippen LogP contribution is -2.70. The van der Waals surface area contributed by atoms with Crippen LogP contribution in [0, 0.1) is 45.3 Å². The summed E-state index contributed by atoms with van der Waals surface area (Å²) in [7, 11) is 0. The van der Waals surface area contributed by atoms with Crippen molar-refractivity contribution in [2.24, 2.45) is 45.3 Å². The summed E-state index contributed by atoms with van der Waals surface area (Å²) in [6, 6.07) is 0. The van der Waals surface area contributed by atoms with Gasteiger partial charge >= 0.3 is 0 Å². The molecule has 8 N–H and O–H groups in total. The fraction of sp³-hybridized carbons (Fsp3) is 0.944. The zero-order valence-corrected chi connectivity index (χ0v) is 29.0. The van der Waals surface area contributed by atoms with Gasteiger partial charge in [-0.05, 0) is 111 Å². The molecule has 0 radical (unpaired) electrons. The van der Waals surface area contributed by atoms with E-state index in [1.54, 1.807) is 0 Å². The molecule has 10 heteroatoms. The lowest BCUT2D eigenvalue weighted by atomic mass is 9.34. The first-order chi connectivity index (χ1) is 21.3. The Hall–Kier alpha value is -0.660. The Morgan fingerprint density at radius 3 is 2.20 bits per heavy atom. The molecule has 0 aromatic rings. The minimum atomic E-state index is -1.57. The van der Waals surface area contributed by atoms with Crippen molar-refractivity contribution in [3.05, 3.63) is 11.6 Å². The molecule has 0 unspecified atom stereocenters. The number of aliphatic hydroxyl groups excluding tert-OH is 8. The largest absolute Gasteiger partial charge is 0.394 e. The summed E-state index contributed by atoms with van der Waals surface area (Å²) >= 11 is 0. The first-order valence-electron chi connectivity index (χ1n) is 17.6. The summed E-state index contributed by atoms with van der Waals surface area (Å²) in [5.41, 5.74) is -1.50. The van der Waals surface area contributed by atoms with E-state index in [0.717, 1.165) is 24.8 Å². The van der Waals surface area contributed by atoms with Crippen LogP contribution in [0.25, 0.3) is 0 Å². The average molecular weight is 655 g/mol. The molecule has 10 nitrogen and oxygen atoms in total. The molecule has 0 spiro atoms. The van der Waals surface area contributed by atoms with Crippen LogP contribution in [0.2, 0.25) is 0 Å². The predicted octanol–water partition coefficient (Wildman–Crippen LogP) is 2.27. The fourth-order valence-electron chi connectivity index (χ4n) is 12.1. The van der Waals surface area contributed by atoms with Gasteiger partial charge in [-0.15, -0.1) is 0 Å². The molecule has 0 aromatic heterocycles. The molecule has 5 fully saturated rings. The van der Waals surface area contributed by atoms with Crippen molar-refractivity contribution in [3.8, 4) is 0 Å². The second-order valence-electron chi connectivity index (χ2n) is 17.4. The average Bonchev–Trinajstić information content (AvgIpc) is 3.37. The molecule has 0 bridgehead atoms. The third-order valence-corrected chi connectivity index (χ3v) is 14.7. The van der Waals surface area contributed by atoms with E-state index in [2.05, 4.69) is 34.6 Å². The number of rotatable bonds is 8. The first-order valence-corrected chi connectivity index (χ1v) is 17.6. The van der Waals surface area contributed by atoms with Crippen LogP contribution in [0.15, 0.2) is 11.6 Å². The first kappa shape index (κ1) is 36.6. The van der Waals surface area contributed by atoms with E-state index in [-0.39, 0.29) is 46.5 Å². The maximum absolute atomic E-state index is 12.3. The smallest absolute Gasteiger partial charge is 0.187 e. The highest BCUT2D eigenvalue weighted by Crippen LogP contribution is 2.76. The van der Waals surface area contributed by atoms with Crippen LogP contribution in [0.4, 0.5) is 0 Å². The Kier molecular flexibility index (Phi) is 10.0. The summed E-state index contributed by atoms with van der Waals surface area (Å²) in [5.74, 6) is -0.315. The van der Waals surface area contributed by atoms with Crippen LogP contribution in [-0.4, -0.2) is 109 Å². The monoisotopic (exact) mass is 654 g/mol. The number of hydrogen-bond acceptors (Lipinski definition) is 10. The second kappa shape index (κ2) is 12.6. The molecule has 1 heterocycles. The van der Waals surface area contributed by atoms with Crippen molar-refractivity contribution in [1.82, 2.24) is 0 Å². The van der Waals surface area contributed by atoms with Gasteiger partial charge in [0.1, 0.15) is 24.4 Å². The highest BCUT2D eigenvalue weighted by atomic mass is 16.7. The molecule has 0 aromatic carbocycles. The lowest BCUT2D eigenvalue weighted by Gasteiger charge is -2.71. The third-order valence-electron chi connectivity index (χ3n) is 14.7. The van der Waals surface area contributed by atoms with Gasteiger partial charge in [-0.2, -0.15) is 0 Å². The number of fused-ring (bicyclic) bond motifs is 5. The molecule has 46 heavy (non-hydrogen) atoms. The quantitative estimate of drug-likeness (QED) is 0.181. The number of aliphatic hydroxyl groups is 8. The number of ether oxygens (including phenoxy) is 2. The molecule has 4 aliphatic carbocycles. The molecular formula is C36H62O10. The van der Waals surface area contributed by atoms with Gasteiger partial charge in [0.25, 0.3) is 0 Å². The molecular weight excluding hydrogens is 592 g/mol. The zero-order chi connectivity index (χ0) is 34.2. The summed E-state index contributed by atoms with van der Waals surface area (Å²) in [6.07, 6.45) is -1.58. The lowest BCUT2D eigenvalue weighted by molar-refractivity contribution is -0.336. The van der Waals surface area contributed by atoms with Crippen LogP contribution in [0.3, 0.4) is 0 Å². The molecule has 5 aliphatic rings. The van der Waals surface area contributed by atoms with Crippen molar-refractivity contribution >= 4 is 0 Å². The van der Waals surface area contributed by atoms with Gasteiger partial charge in [-0.3, -0.25) is 0 Å². The minimum Gasteiger partial charge on any atom is -0.394 e. The number of allylic oxidation sites excluding steroid dienone is 1. The topological polar surface area (TPSA) is 180 Å². The van der Waals surface area contributed by atoms with Crippen molar-refractivity contribution in [1.29, 1.82) is 0 Å². The number of hydrogen-bond donors (Lipinski definition) is 8. The highest BCUT2D eigenvalue weighted by molar-refractivity contribution is 5.21. The summed E-state index contributed by atoms with van der Waals surface area (Å²) in [6.45, 7) is 14.2. The van der Waals surface area contributed by atoms with Crippen molar-refractivity contribution in [2.75, 3.05) is 13.2 Å². The van der Waals surface area contributed by atoms with E-state index in [9.17, 15) is 40.9 Å². The second-order valence-corrected chi connectivity index (χ2v) is 17.4. The summed E-state index contributed by atoms with van der Waals surface area (Å²) in [4.78, 5) is 0. The SMILES string of the molecule is C/C(=C\CC[C@](C)(O[C@@H]1O[C@H](CO)[C@@H](O)[C@H](O)[C@H]1O)[C@H]1CC[C@]2(C)[C@@H]1[C@H](O)C[C@@H]1[C@@]3(C)CC[C@H](O)C(C)(C)[C@@H]3[C@@H](O)C[C@]12C)CO. The Bertz CT molecular complexity index is 1130. The predicted molar refractivity (Wildman–Crippen MR) is 171 cm³/mol. The maximum atomic E-state index is 12.3. The minimum absolute atomic E-state index is 0.0667. The van der Waals surface area contributed by atoms with Crippen LogP contribution in [0.5, 0.6) is 0 Å². The van der Waals surface area contributed by atoms with Crippen LogP contribution in [-0.2, 0) is 9.47 Å². The van der Waals surface area contributed by atoms with Crippen LogP contribution in [0.1, 0.15) is 99.8 Å². The van der Waals surface area contributed by atoms with E-state index in [1.165, 1.54) is 0 Å². The van der Waals surface area contributed by atoms with Gasteiger partial charge in [-0.1, -0.05) is 46.3 Å². The third kappa shape index (κ3) is 5.46. The van der Waals surface area contributed by atoms with Crippen molar-refractivity contribution in [3.63, 3.8) is 0 Å². The van der Waals surface area contributed by atoms with E-state index in [1.807, 2.05) is 19.9 Å². The van der Waals surface area contributed by atoms with Crippen LogP contribution < -0.4 is 0 Å². The van der Waals surface area contributed by atoms with E-state index < -0.39 is 66.6 Å². The van der Waals surface area contributed by atoms with Crippen molar-refractivity contribution in [2.45, 2.75) is 154 Å². The van der Waals surface area contributed by atoms with E-state index in [0.29, 0.717) is 32.1 Å². The maximum Gasteiger partial charge on any atom is 0.187 e. The van der Waals surface area contributed by atoms with Crippen molar-refractivity contribution < 1.29 is 50.3 Å². The molecule has 5 rings (SSSR count). The van der Waals surface area contributed by atoms with Gasteiger partial charge in [0.05, 0.1) is 37.1 Å². The van der Waals surface area contributed by atoms with Gasteiger partial charge in [0.2, 0.25) is 0 Å². The molecule has 266 valence electrons. The van der Waals surface area contributed by atoms with Gasteiger partial charge in [-0.25, -0.2) is 0 Å². The molecule has 1 saturated heterocycles. The van der Waals surface area contributed by atoms with E-state index in [4.69, 9.17) is 9.47 Å². The Balaban J connectivity index is 1.51. The Morgan fingerprint density at radius 2 is 1.57 bits per heavy atom.